The highest BCUT2D eigenvalue weighted by Gasteiger charge is 2.31. The van der Waals surface area contributed by atoms with Crippen LogP contribution in [0.5, 0.6) is 0 Å². The van der Waals surface area contributed by atoms with Crippen LogP contribution in [0.3, 0.4) is 0 Å². The van der Waals surface area contributed by atoms with E-state index < -0.39 is 18.1 Å². The van der Waals surface area contributed by atoms with E-state index in [1.54, 1.807) is 0 Å². The molecule has 8 nitrogen and oxygen atoms in total. The van der Waals surface area contributed by atoms with E-state index >= 15 is 0 Å². The van der Waals surface area contributed by atoms with Crippen molar-refractivity contribution in [1.82, 2.24) is 0 Å². The molecule has 0 saturated carbocycles. The summed E-state index contributed by atoms with van der Waals surface area (Å²) < 4.78 is 17.0. The summed E-state index contributed by atoms with van der Waals surface area (Å²) in [5.74, 6) is -1.54. The molecule has 1 N–H and O–H groups in total. The number of esters is 2. The molecule has 0 aliphatic carbocycles. The molecule has 0 heterocycles. The zero-order chi connectivity index (χ0) is 30.1. The lowest BCUT2D eigenvalue weighted by molar-refractivity contribution is -0.887. The molecule has 0 aromatic carbocycles. The largest absolute Gasteiger partial charge is 0.477 e. The topological polar surface area (TPSA) is 99.1 Å². The summed E-state index contributed by atoms with van der Waals surface area (Å²) in [5, 5.41) is 9.50. The van der Waals surface area contributed by atoms with Gasteiger partial charge in [-0.2, -0.15) is 0 Å². The van der Waals surface area contributed by atoms with Crippen LogP contribution in [0.4, 0.5) is 0 Å². The summed E-state index contributed by atoms with van der Waals surface area (Å²) in [5.41, 5.74) is 0. The van der Waals surface area contributed by atoms with E-state index in [2.05, 4.69) is 19.9 Å². The maximum absolute atomic E-state index is 12.4. The molecule has 0 aromatic rings. The van der Waals surface area contributed by atoms with Crippen molar-refractivity contribution in [3.8, 4) is 0 Å². The normalized spacial score (nSPS) is 13.3. The SMILES string of the molecule is CCCCC/C=C/CCC(=O)OC(COCCC(C(=O)O)[N+](C)(C)C)COC(=O)CCCCCCCCCCC. The van der Waals surface area contributed by atoms with Gasteiger partial charge in [0.15, 0.2) is 12.1 Å². The van der Waals surface area contributed by atoms with Crippen molar-refractivity contribution in [2.45, 2.75) is 135 Å². The van der Waals surface area contributed by atoms with E-state index in [1.165, 1.54) is 51.4 Å². The number of nitrogens with zero attached hydrogens (tertiary/aromatic N) is 1. The molecule has 0 fully saturated rings. The first kappa shape index (κ1) is 38.1. The van der Waals surface area contributed by atoms with Crippen LogP contribution in [0.25, 0.3) is 0 Å². The molecule has 0 spiro atoms. The molecular weight excluding hydrogens is 510 g/mol. The number of hydrogen-bond acceptors (Lipinski definition) is 6. The number of quaternary nitrogens is 1. The molecule has 0 aliphatic rings. The van der Waals surface area contributed by atoms with E-state index in [0.717, 1.165) is 32.1 Å². The minimum atomic E-state index is -0.882. The van der Waals surface area contributed by atoms with Gasteiger partial charge in [0.1, 0.15) is 6.61 Å². The van der Waals surface area contributed by atoms with Gasteiger partial charge < -0.3 is 23.8 Å². The van der Waals surface area contributed by atoms with Gasteiger partial charge in [-0.3, -0.25) is 9.59 Å². The maximum atomic E-state index is 12.4. The lowest BCUT2D eigenvalue weighted by atomic mass is 10.1. The number of rotatable bonds is 27. The summed E-state index contributed by atoms with van der Waals surface area (Å²) in [6.45, 7) is 4.58. The average Bonchev–Trinajstić information content (AvgIpc) is 2.89. The number of likely N-dealkylation sites (N-methyl/N-ethyl adjacent to an activating group) is 1. The van der Waals surface area contributed by atoms with Crippen LogP contribution in [-0.2, 0) is 28.6 Å². The molecule has 0 amide bonds. The van der Waals surface area contributed by atoms with E-state index in [-0.39, 0.29) is 42.7 Å². The average molecular weight is 571 g/mol. The molecule has 2 unspecified atom stereocenters. The van der Waals surface area contributed by atoms with Crippen molar-refractivity contribution >= 4 is 17.9 Å². The molecule has 0 saturated heterocycles. The van der Waals surface area contributed by atoms with Gasteiger partial charge in [-0.15, -0.1) is 0 Å². The van der Waals surface area contributed by atoms with Gasteiger partial charge in [0.25, 0.3) is 0 Å². The molecule has 234 valence electrons. The minimum absolute atomic E-state index is 0.0490. The Morgan fingerprint density at radius 1 is 0.725 bits per heavy atom. The number of ether oxygens (including phenoxy) is 3. The molecule has 0 aromatic heterocycles. The second kappa shape index (κ2) is 24.8. The Labute approximate surface area is 244 Å². The molecule has 0 bridgehead atoms. The summed E-state index contributed by atoms with van der Waals surface area (Å²) in [4.78, 5) is 36.3. The smallest absolute Gasteiger partial charge is 0.362 e. The first-order chi connectivity index (χ1) is 19.1. The Kier molecular flexibility index (Phi) is 23.6. The van der Waals surface area contributed by atoms with Crippen molar-refractivity contribution in [2.75, 3.05) is 41.0 Å². The summed E-state index contributed by atoms with van der Waals surface area (Å²) in [7, 11) is 5.48. The molecule has 8 heteroatoms. The summed E-state index contributed by atoms with van der Waals surface area (Å²) in [6.07, 6.45) is 20.0. The second-order valence-corrected chi connectivity index (χ2v) is 11.7. The Morgan fingerprint density at radius 2 is 1.30 bits per heavy atom. The van der Waals surface area contributed by atoms with E-state index in [9.17, 15) is 19.5 Å². The van der Waals surface area contributed by atoms with Crippen LogP contribution < -0.4 is 0 Å². The zero-order valence-electron chi connectivity index (χ0n) is 26.3. The summed E-state index contributed by atoms with van der Waals surface area (Å²) >= 11 is 0. The highest BCUT2D eigenvalue weighted by Crippen LogP contribution is 2.12. The molecule has 40 heavy (non-hydrogen) atoms. The van der Waals surface area contributed by atoms with Crippen molar-refractivity contribution in [2.24, 2.45) is 0 Å². The number of carboxylic acids is 1. The van der Waals surface area contributed by atoms with Crippen molar-refractivity contribution in [3.05, 3.63) is 12.2 Å². The molecule has 0 radical (unpaired) electrons. The van der Waals surface area contributed by atoms with Crippen LogP contribution in [0.1, 0.15) is 123 Å². The third-order valence-corrected chi connectivity index (χ3v) is 6.93. The Hall–Kier alpha value is -1.93. The standard InChI is InChI=1S/C32H59NO7/c1-6-8-10-12-14-15-17-18-20-22-30(34)39-27-28(26-38-25-24-29(32(36)37)33(3,4)5)40-31(35)23-21-19-16-13-11-9-7-2/h16,19,28-29H,6-15,17-18,20-27H2,1-5H3/p+1/b19-16+. The van der Waals surface area contributed by atoms with E-state index in [0.29, 0.717) is 19.3 Å². The van der Waals surface area contributed by atoms with E-state index in [1.807, 2.05) is 27.2 Å². The van der Waals surface area contributed by atoms with Gasteiger partial charge in [-0.25, -0.2) is 4.79 Å². The predicted octanol–water partition coefficient (Wildman–Crippen LogP) is 6.85. The molecular formula is C32H60NO7+. The van der Waals surface area contributed by atoms with Crippen LogP contribution in [0.2, 0.25) is 0 Å². The van der Waals surface area contributed by atoms with Gasteiger partial charge in [0.05, 0.1) is 34.4 Å². The highest BCUT2D eigenvalue weighted by atomic mass is 16.6. The molecule has 0 rings (SSSR count). The molecule has 0 aliphatic heterocycles. The number of carboxylic acid groups (broad SMARTS) is 1. The lowest BCUT2D eigenvalue weighted by Crippen LogP contribution is -2.50. The second-order valence-electron chi connectivity index (χ2n) is 11.7. The van der Waals surface area contributed by atoms with Crippen LogP contribution in [0.15, 0.2) is 12.2 Å². The quantitative estimate of drug-likeness (QED) is 0.0499. The number of carbonyl (C=O) groups excluding carboxylic acids is 2. The predicted molar refractivity (Wildman–Crippen MR) is 160 cm³/mol. The first-order valence-electron chi connectivity index (χ1n) is 15.7. The van der Waals surface area contributed by atoms with Crippen molar-refractivity contribution in [1.29, 1.82) is 0 Å². The van der Waals surface area contributed by atoms with Gasteiger partial charge in [0, 0.05) is 19.3 Å². The van der Waals surface area contributed by atoms with Crippen LogP contribution >= 0.6 is 0 Å². The third kappa shape index (κ3) is 22.8. The van der Waals surface area contributed by atoms with Crippen molar-refractivity contribution < 1.29 is 38.2 Å². The van der Waals surface area contributed by atoms with Gasteiger partial charge in [-0.1, -0.05) is 90.2 Å². The number of hydrogen-bond donors (Lipinski definition) is 1. The zero-order valence-corrected chi connectivity index (χ0v) is 26.3. The number of unbranched alkanes of at least 4 members (excludes halogenated alkanes) is 11. The maximum Gasteiger partial charge on any atom is 0.362 e. The van der Waals surface area contributed by atoms with E-state index in [4.69, 9.17) is 14.2 Å². The van der Waals surface area contributed by atoms with Crippen LogP contribution in [-0.4, -0.2) is 80.6 Å². The first-order valence-corrected chi connectivity index (χ1v) is 15.7. The van der Waals surface area contributed by atoms with Crippen LogP contribution in [0, 0.1) is 0 Å². The molecule has 2 atom stereocenters. The number of aliphatic carboxylic acids is 1. The lowest BCUT2D eigenvalue weighted by Gasteiger charge is -2.31. The van der Waals surface area contributed by atoms with Crippen molar-refractivity contribution in [3.63, 3.8) is 0 Å². The fraction of sp³-hybridized carbons (Fsp3) is 0.844. The monoisotopic (exact) mass is 570 g/mol. The third-order valence-electron chi connectivity index (χ3n) is 6.93. The summed E-state index contributed by atoms with van der Waals surface area (Å²) in [6, 6.07) is -0.612. The Balaban J connectivity index is 4.54. The number of carbonyl (C=O) groups is 3. The fourth-order valence-corrected chi connectivity index (χ4v) is 4.40. The van der Waals surface area contributed by atoms with Gasteiger partial charge >= 0.3 is 17.9 Å². The minimum Gasteiger partial charge on any atom is -0.477 e. The van der Waals surface area contributed by atoms with Gasteiger partial charge in [0.2, 0.25) is 0 Å². The van der Waals surface area contributed by atoms with Gasteiger partial charge in [-0.05, 0) is 25.7 Å². The Bertz CT molecular complexity index is 687. The number of allylic oxidation sites excluding steroid dienone is 2. The fourth-order valence-electron chi connectivity index (χ4n) is 4.40. The highest BCUT2D eigenvalue weighted by molar-refractivity contribution is 5.72. The Morgan fingerprint density at radius 3 is 1.90 bits per heavy atom.